The second-order valence-corrected chi connectivity index (χ2v) is 4.12. The van der Waals surface area contributed by atoms with Crippen molar-refractivity contribution in [3.8, 4) is 17.2 Å². The first-order valence-electron chi connectivity index (χ1n) is 5.76. The molecule has 0 unspecified atom stereocenters. The molecule has 1 N–H and O–H groups in total. The van der Waals surface area contributed by atoms with E-state index in [0.717, 1.165) is 27.6 Å². The van der Waals surface area contributed by atoms with Gasteiger partial charge in [-0.15, -0.1) is 0 Å². The molecule has 18 heavy (non-hydrogen) atoms. The van der Waals surface area contributed by atoms with Crippen LogP contribution in [-0.2, 0) is 6.42 Å². The van der Waals surface area contributed by atoms with Gasteiger partial charge >= 0.3 is 0 Å². The quantitative estimate of drug-likeness (QED) is 0.738. The molecule has 0 radical (unpaired) electrons. The van der Waals surface area contributed by atoms with E-state index in [2.05, 4.69) is 22.1 Å². The maximum Gasteiger partial charge on any atom is 0.0670 e. The largest absolute Gasteiger partial charge is 0.360 e. The number of fused-ring (bicyclic) bond motifs is 1. The molecule has 2 aromatic heterocycles. The van der Waals surface area contributed by atoms with E-state index in [9.17, 15) is 0 Å². The third kappa shape index (κ3) is 1.64. The zero-order chi connectivity index (χ0) is 12.4. The van der Waals surface area contributed by atoms with E-state index in [1.807, 2.05) is 36.7 Å². The predicted molar refractivity (Wildman–Crippen MR) is 70.8 cm³/mol. The maximum absolute atomic E-state index is 8.81. The third-order valence-electron chi connectivity index (χ3n) is 3.04. The Bertz CT molecular complexity index is 720. The summed E-state index contributed by atoms with van der Waals surface area (Å²) >= 11 is 0. The van der Waals surface area contributed by atoms with Gasteiger partial charge in [-0.05, 0) is 11.6 Å². The highest BCUT2D eigenvalue weighted by Gasteiger charge is 2.08. The molecular formula is C15H11N3. The molecular weight excluding hydrogens is 222 g/mol. The highest BCUT2D eigenvalue weighted by atomic mass is 14.7. The molecule has 3 rings (SSSR count). The number of aromatic amines is 1. The molecule has 0 bridgehead atoms. The summed E-state index contributed by atoms with van der Waals surface area (Å²) in [5.41, 5.74) is 4.30. The van der Waals surface area contributed by atoms with Crippen LogP contribution in [-0.4, -0.2) is 9.97 Å². The fourth-order valence-electron chi connectivity index (χ4n) is 2.21. The Morgan fingerprint density at radius 2 is 2.17 bits per heavy atom. The number of nitriles is 1. The summed E-state index contributed by atoms with van der Waals surface area (Å²) in [5.74, 6) is 0. The van der Waals surface area contributed by atoms with Crippen LogP contribution in [0.25, 0.3) is 22.0 Å². The van der Waals surface area contributed by atoms with Crippen LogP contribution in [0, 0.1) is 11.3 Å². The Labute approximate surface area is 105 Å². The van der Waals surface area contributed by atoms with E-state index >= 15 is 0 Å². The van der Waals surface area contributed by atoms with Crippen molar-refractivity contribution in [1.82, 2.24) is 9.97 Å². The first-order chi connectivity index (χ1) is 8.90. The van der Waals surface area contributed by atoms with E-state index in [-0.39, 0.29) is 0 Å². The number of H-pyrrole nitrogens is 1. The molecule has 0 aliphatic heterocycles. The van der Waals surface area contributed by atoms with E-state index in [1.165, 1.54) is 0 Å². The number of para-hydroxylation sites is 1. The van der Waals surface area contributed by atoms with Gasteiger partial charge in [0, 0.05) is 35.1 Å². The molecule has 0 amide bonds. The molecule has 2 heterocycles. The van der Waals surface area contributed by atoms with Gasteiger partial charge in [0.1, 0.15) is 0 Å². The maximum atomic E-state index is 8.81. The average molecular weight is 233 g/mol. The van der Waals surface area contributed by atoms with Crippen molar-refractivity contribution in [1.29, 1.82) is 5.26 Å². The minimum atomic E-state index is 0.427. The highest BCUT2D eigenvalue weighted by Crippen LogP contribution is 2.29. The second kappa shape index (κ2) is 4.34. The van der Waals surface area contributed by atoms with E-state index in [4.69, 9.17) is 5.26 Å². The lowest BCUT2D eigenvalue weighted by Gasteiger charge is -2.03. The van der Waals surface area contributed by atoms with Gasteiger partial charge in [-0.1, -0.05) is 24.3 Å². The van der Waals surface area contributed by atoms with Crippen LogP contribution < -0.4 is 0 Å². The van der Waals surface area contributed by atoms with Crippen molar-refractivity contribution in [3.63, 3.8) is 0 Å². The van der Waals surface area contributed by atoms with Crippen molar-refractivity contribution in [2.45, 2.75) is 6.42 Å². The first-order valence-corrected chi connectivity index (χ1v) is 5.76. The van der Waals surface area contributed by atoms with Crippen molar-refractivity contribution in [2.24, 2.45) is 0 Å². The first kappa shape index (κ1) is 10.5. The van der Waals surface area contributed by atoms with Crippen molar-refractivity contribution in [2.75, 3.05) is 0 Å². The number of pyridine rings is 1. The van der Waals surface area contributed by atoms with Crippen LogP contribution in [0.2, 0.25) is 0 Å². The van der Waals surface area contributed by atoms with Gasteiger partial charge in [-0.25, -0.2) is 0 Å². The monoisotopic (exact) mass is 233 g/mol. The lowest BCUT2D eigenvalue weighted by Crippen LogP contribution is -1.82. The molecule has 0 saturated carbocycles. The summed E-state index contributed by atoms with van der Waals surface area (Å²) in [7, 11) is 0. The molecule has 1 aromatic carbocycles. The van der Waals surface area contributed by atoms with Gasteiger partial charge in [-0.2, -0.15) is 5.26 Å². The lowest BCUT2D eigenvalue weighted by molar-refractivity contribution is 1.28. The van der Waals surface area contributed by atoms with Crippen molar-refractivity contribution in [3.05, 3.63) is 54.5 Å². The van der Waals surface area contributed by atoms with Crippen LogP contribution >= 0.6 is 0 Å². The SMILES string of the molecule is N#CCc1c[nH]c2c(-c3cccnc3)cccc12. The Kier molecular flexibility index (Phi) is 2.54. The lowest BCUT2D eigenvalue weighted by atomic mass is 10.0. The smallest absolute Gasteiger partial charge is 0.0670 e. The van der Waals surface area contributed by atoms with Gasteiger partial charge in [-0.3, -0.25) is 4.98 Å². The molecule has 0 fully saturated rings. The summed E-state index contributed by atoms with van der Waals surface area (Å²) < 4.78 is 0. The summed E-state index contributed by atoms with van der Waals surface area (Å²) in [6.07, 6.45) is 5.95. The normalized spacial score (nSPS) is 10.4. The van der Waals surface area contributed by atoms with E-state index in [0.29, 0.717) is 6.42 Å². The molecule has 3 aromatic rings. The Morgan fingerprint density at radius 3 is 2.94 bits per heavy atom. The molecule has 0 atom stereocenters. The molecule has 0 aliphatic rings. The summed E-state index contributed by atoms with van der Waals surface area (Å²) in [5, 5.41) is 9.92. The van der Waals surface area contributed by atoms with Crippen LogP contribution in [0.5, 0.6) is 0 Å². The fraction of sp³-hybridized carbons (Fsp3) is 0.0667. The van der Waals surface area contributed by atoms with Gasteiger partial charge in [0.15, 0.2) is 0 Å². The van der Waals surface area contributed by atoms with E-state index < -0.39 is 0 Å². The molecule has 0 spiro atoms. The Balaban J connectivity index is 2.23. The molecule has 3 nitrogen and oxygen atoms in total. The minimum Gasteiger partial charge on any atom is -0.360 e. The van der Waals surface area contributed by atoms with Crippen molar-refractivity contribution >= 4 is 10.9 Å². The standard InChI is InChI=1S/C15H11N3/c16-7-6-12-10-18-15-13(4-1-5-14(12)15)11-3-2-8-17-9-11/h1-5,8-10,18H,6H2. The number of hydrogen-bond acceptors (Lipinski definition) is 2. The second-order valence-electron chi connectivity index (χ2n) is 4.12. The predicted octanol–water partition coefficient (Wildman–Crippen LogP) is 3.30. The number of aromatic nitrogens is 2. The number of hydrogen-bond donors (Lipinski definition) is 1. The average Bonchev–Trinajstić information content (AvgIpc) is 2.84. The zero-order valence-electron chi connectivity index (χ0n) is 9.72. The molecule has 86 valence electrons. The van der Waals surface area contributed by atoms with Gasteiger partial charge < -0.3 is 4.98 Å². The summed E-state index contributed by atoms with van der Waals surface area (Å²) in [4.78, 5) is 7.41. The number of nitrogens with zero attached hydrogens (tertiary/aromatic N) is 2. The Hall–Kier alpha value is -2.60. The minimum absolute atomic E-state index is 0.427. The van der Waals surface area contributed by atoms with Crippen LogP contribution in [0.1, 0.15) is 5.56 Å². The molecule has 0 saturated heterocycles. The van der Waals surface area contributed by atoms with Gasteiger partial charge in [0.05, 0.1) is 18.0 Å². The zero-order valence-corrected chi connectivity index (χ0v) is 9.72. The van der Waals surface area contributed by atoms with Crippen LogP contribution in [0.15, 0.2) is 48.9 Å². The number of benzene rings is 1. The van der Waals surface area contributed by atoms with Crippen LogP contribution in [0.3, 0.4) is 0 Å². The number of nitrogens with one attached hydrogen (secondary N) is 1. The molecule has 0 aliphatic carbocycles. The summed E-state index contributed by atoms with van der Waals surface area (Å²) in [6, 6.07) is 12.3. The topological polar surface area (TPSA) is 52.5 Å². The highest BCUT2D eigenvalue weighted by molar-refractivity contribution is 5.96. The van der Waals surface area contributed by atoms with Gasteiger partial charge in [0.2, 0.25) is 0 Å². The fourth-order valence-corrected chi connectivity index (χ4v) is 2.21. The summed E-state index contributed by atoms with van der Waals surface area (Å²) in [6.45, 7) is 0. The van der Waals surface area contributed by atoms with E-state index in [1.54, 1.807) is 6.20 Å². The number of rotatable bonds is 2. The van der Waals surface area contributed by atoms with Crippen LogP contribution in [0.4, 0.5) is 0 Å². The van der Waals surface area contributed by atoms with Gasteiger partial charge in [0.25, 0.3) is 0 Å². The Morgan fingerprint density at radius 1 is 1.22 bits per heavy atom. The van der Waals surface area contributed by atoms with Crippen molar-refractivity contribution < 1.29 is 0 Å². The molecule has 3 heteroatoms. The third-order valence-corrected chi connectivity index (χ3v) is 3.04.